The summed E-state index contributed by atoms with van der Waals surface area (Å²) in [7, 11) is 0. The molecule has 0 aromatic heterocycles. The first-order valence-electron chi connectivity index (χ1n) is 8.80. The first-order chi connectivity index (χ1) is 12.3. The molecule has 1 aromatic rings. The van der Waals surface area contributed by atoms with Crippen molar-refractivity contribution >= 4 is 17.5 Å². The summed E-state index contributed by atoms with van der Waals surface area (Å²) in [6, 6.07) is 2.47. The number of ketones is 2. The van der Waals surface area contributed by atoms with Gasteiger partial charge in [-0.1, -0.05) is 0 Å². The van der Waals surface area contributed by atoms with Crippen LogP contribution in [0.5, 0.6) is 11.5 Å². The van der Waals surface area contributed by atoms with Crippen molar-refractivity contribution in [2.24, 2.45) is 0 Å². The van der Waals surface area contributed by atoms with E-state index in [0.717, 1.165) is 6.07 Å². The van der Waals surface area contributed by atoms with Gasteiger partial charge in [-0.3, -0.25) is 9.59 Å². The molecule has 0 aliphatic carbocycles. The maximum absolute atomic E-state index is 12.4. The van der Waals surface area contributed by atoms with E-state index in [-0.39, 0.29) is 29.9 Å². The maximum atomic E-state index is 12.4. The number of carbonyl (C=O) groups excluding carboxylic acids is 3. The monoisotopic (exact) mass is 364 g/mol. The fourth-order valence-electron chi connectivity index (χ4n) is 3.04. The van der Waals surface area contributed by atoms with Crippen LogP contribution in [0.1, 0.15) is 61.4 Å². The van der Waals surface area contributed by atoms with E-state index < -0.39 is 29.7 Å². The molecule has 1 aromatic carbocycles. The van der Waals surface area contributed by atoms with E-state index in [0.29, 0.717) is 37.7 Å². The van der Waals surface area contributed by atoms with Crippen molar-refractivity contribution in [1.82, 2.24) is 0 Å². The van der Waals surface area contributed by atoms with Gasteiger partial charge in [0.25, 0.3) is 0 Å². The number of Topliss-reactive ketones (excluding diaryl/α,β-unsaturated/α-hetero) is 2. The van der Waals surface area contributed by atoms with Crippen LogP contribution in [0.2, 0.25) is 0 Å². The molecular formula is C19H24O7. The molecule has 0 saturated carbocycles. The minimum Gasteiger partial charge on any atom is -0.508 e. The number of aryl methyl sites for hydroxylation is 1. The predicted molar refractivity (Wildman–Crippen MR) is 92.1 cm³/mol. The molecule has 0 spiro atoms. The van der Waals surface area contributed by atoms with Crippen LogP contribution >= 0.6 is 0 Å². The topological polar surface area (TPSA) is 121 Å². The van der Waals surface area contributed by atoms with Crippen LogP contribution in [-0.2, 0) is 20.7 Å². The summed E-state index contributed by atoms with van der Waals surface area (Å²) >= 11 is 0. The second-order valence-electron chi connectivity index (χ2n) is 6.66. The first kappa shape index (κ1) is 19.9. The SMILES string of the molecule is C[C@H]1CCCC(O)C(=O)C(=O)CCCCc2cc(O)cc(O)c2C(=O)O1. The summed E-state index contributed by atoms with van der Waals surface area (Å²) in [5.74, 6) is -2.60. The Morgan fingerprint density at radius 3 is 2.42 bits per heavy atom. The molecule has 1 heterocycles. The third kappa shape index (κ3) is 5.05. The molecule has 0 fully saturated rings. The van der Waals surface area contributed by atoms with Crippen molar-refractivity contribution in [2.45, 2.75) is 64.1 Å². The van der Waals surface area contributed by atoms with Gasteiger partial charge in [0, 0.05) is 12.5 Å². The van der Waals surface area contributed by atoms with E-state index in [1.807, 2.05) is 0 Å². The zero-order valence-electron chi connectivity index (χ0n) is 14.7. The molecule has 0 saturated heterocycles. The van der Waals surface area contributed by atoms with Crippen molar-refractivity contribution in [1.29, 1.82) is 0 Å². The summed E-state index contributed by atoms with van der Waals surface area (Å²) in [5, 5.41) is 29.6. The Hall–Kier alpha value is -2.41. The van der Waals surface area contributed by atoms with Crippen molar-refractivity contribution in [3.05, 3.63) is 23.3 Å². The van der Waals surface area contributed by atoms with Crippen molar-refractivity contribution in [3.63, 3.8) is 0 Å². The smallest absolute Gasteiger partial charge is 0.342 e. The number of phenols is 2. The molecule has 2 rings (SSSR count). The fraction of sp³-hybridized carbons (Fsp3) is 0.526. The quantitative estimate of drug-likeness (QED) is 0.476. The van der Waals surface area contributed by atoms with Gasteiger partial charge in [-0.25, -0.2) is 4.79 Å². The van der Waals surface area contributed by atoms with Gasteiger partial charge in [-0.05, 0) is 57.1 Å². The zero-order valence-corrected chi connectivity index (χ0v) is 14.7. The highest BCUT2D eigenvalue weighted by Crippen LogP contribution is 2.30. The molecule has 1 aliphatic heterocycles. The predicted octanol–water partition coefficient (Wildman–Crippen LogP) is 2.04. The number of hydrogen-bond donors (Lipinski definition) is 3. The number of aliphatic hydroxyl groups excluding tert-OH is 1. The lowest BCUT2D eigenvalue weighted by Crippen LogP contribution is -2.28. The number of phenolic OH excluding ortho intramolecular Hbond substituents is 2. The molecule has 2 atom stereocenters. The number of esters is 1. The molecule has 7 heteroatoms. The number of rotatable bonds is 0. The third-order valence-electron chi connectivity index (χ3n) is 4.46. The van der Waals surface area contributed by atoms with Gasteiger partial charge < -0.3 is 20.1 Å². The highest BCUT2D eigenvalue weighted by Gasteiger charge is 2.25. The van der Waals surface area contributed by atoms with E-state index in [4.69, 9.17) is 4.74 Å². The first-order valence-corrected chi connectivity index (χ1v) is 8.80. The van der Waals surface area contributed by atoms with Gasteiger partial charge in [0.05, 0.1) is 6.10 Å². The lowest BCUT2D eigenvalue weighted by Gasteiger charge is -2.16. The normalized spacial score (nSPS) is 23.5. The number of cyclic esters (lactones) is 1. The third-order valence-corrected chi connectivity index (χ3v) is 4.46. The molecular weight excluding hydrogens is 340 g/mol. The summed E-state index contributed by atoms with van der Waals surface area (Å²) in [6.45, 7) is 1.67. The van der Waals surface area contributed by atoms with Crippen LogP contribution in [0.3, 0.4) is 0 Å². The Morgan fingerprint density at radius 2 is 1.69 bits per heavy atom. The van der Waals surface area contributed by atoms with E-state index in [9.17, 15) is 29.7 Å². The minimum absolute atomic E-state index is 0.00644. The van der Waals surface area contributed by atoms with Crippen LogP contribution < -0.4 is 0 Å². The van der Waals surface area contributed by atoms with E-state index >= 15 is 0 Å². The van der Waals surface area contributed by atoms with Crippen molar-refractivity contribution in [2.75, 3.05) is 0 Å². The number of fused-ring (bicyclic) bond motifs is 1. The number of aromatic hydroxyl groups is 2. The van der Waals surface area contributed by atoms with Gasteiger partial charge in [-0.2, -0.15) is 0 Å². The molecule has 1 aliphatic rings. The number of carbonyl (C=O) groups is 3. The lowest BCUT2D eigenvalue weighted by molar-refractivity contribution is -0.141. The van der Waals surface area contributed by atoms with Crippen LogP contribution in [0.15, 0.2) is 12.1 Å². The second-order valence-corrected chi connectivity index (χ2v) is 6.66. The highest BCUT2D eigenvalue weighted by atomic mass is 16.5. The Morgan fingerprint density at radius 1 is 1.00 bits per heavy atom. The van der Waals surface area contributed by atoms with Crippen LogP contribution in [0.25, 0.3) is 0 Å². The standard InChI is InChI=1S/C19H24O7/c1-11-5-4-8-15(22)18(24)14(21)7-3-2-6-12-9-13(20)10-16(23)17(12)19(25)26-11/h9-11,15,20,22-23H,2-8H2,1H3/t11-,15?/m0/s1. The summed E-state index contributed by atoms with van der Waals surface area (Å²) in [4.78, 5) is 36.1. The van der Waals surface area contributed by atoms with E-state index in [2.05, 4.69) is 0 Å². The number of benzene rings is 1. The van der Waals surface area contributed by atoms with Gasteiger partial charge in [-0.15, -0.1) is 0 Å². The number of aliphatic hydroxyl groups is 1. The molecule has 3 N–H and O–H groups in total. The van der Waals surface area contributed by atoms with Gasteiger partial charge in [0.2, 0.25) is 11.6 Å². The molecule has 26 heavy (non-hydrogen) atoms. The van der Waals surface area contributed by atoms with E-state index in [1.54, 1.807) is 6.92 Å². The number of hydrogen-bond acceptors (Lipinski definition) is 7. The second kappa shape index (κ2) is 8.80. The average Bonchev–Trinajstić information content (AvgIpc) is 2.56. The van der Waals surface area contributed by atoms with Crippen LogP contribution in [-0.4, -0.2) is 45.1 Å². The molecule has 7 nitrogen and oxygen atoms in total. The lowest BCUT2D eigenvalue weighted by atomic mass is 9.98. The summed E-state index contributed by atoms with van der Waals surface area (Å²) < 4.78 is 5.34. The molecule has 0 radical (unpaired) electrons. The van der Waals surface area contributed by atoms with Gasteiger partial charge in [0.15, 0.2) is 0 Å². The molecule has 0 amide bonds. The van der Waals surface area contributed by atoms with Gasteiger partial charge >= 0.3 is 5.97 Å². The molecule has 1 unspecified atom stereocenters. The molecule has 0 bridgehead atoms. The molecule has 142 valence electrons. The maximum Gasteiger partial charge on any atom is 0.342 e. The van der Waals surface area contributed by atoms with Crippen LogP contribution in [0.4, 0.5) is 0 Å². The van der Waals surface area contributed by atoms with Gasteiger partial charge in [0.1, 0.15) is 23.2 Å². The number of ether oxygens (including phenoxy) is 1. The Balaban J connectivity index is 2.25. The largest absolute Gasteiger partial charge is 0.508 e. The Bertz CT molecular complexity index is 695. The minimum atomic E-state index is -1.33. The summed E-state index contributed by atoms with van der Waals surface area (Å²) in [5.41, 5.74) is 0.431. The van der Waals surface area contributed by atoms with Crippen molar-refractivity contribution in [3.8, 4) is 11.5 Å². The van der Waals surface area contributed by atoms with Crippen molar-refractivity contribution < 1.29 is 34.4 Å². The van der Waals surface area contributed by atoms with E-state index in [1.165, 1.54) is 6.07 Å². The average molecular weight is 364 g/mol. The van der Waals surface area contributed by atoms with Crippen LogP contribution in [0, 0.1) is 0 Å². The highest BCUT2D eigenvalue weighted by molar-refractivity contribution is 6.38. The Kier molecular flexibility index (Phi) is 6.74. The zero-order chi connectivity index (χ0) is 19.3. The fourth-order valence-corrected chi connectivity index (χ4v) is 3.04. The summed E-state index contributed by atoms with van der Waals surface area (Å²) in [6.07, 6.45) is 0.304. The Labute approximate surface area is 151 Å².